The van der Waals surface area contributed by atoms with Gasteiger partial charge in [-0.3, -0.25) is 0 Å². The van der Waals surface area contributed by atoms with Gasteiger partial charge in [0.1, 0.15) is 0 Å². The van der Waals surface area contributed by atoms with Crippen molar-refractivity contribution in [2.45, 2.75) is 5.41 Å². The van der Waals surface area contributed by atoms with Gasteiger partial charge < -0.3 is 9.47 Å². The molecule has 61 heavy (non-hydrogen) atoms. The third-order valence-electron chi connectivity index (χ3n) is 13.4. The Morgan fingerprint density at radius 3 is 1.64 bits per heavy atom. The standard InChI is InChI=1S/C59H38N2/c1-2-18-40(19-3-1)44-21-9-14-29-54(44)60(42-34-33-39-17-4-5-20-41(39)37-42)56-31-16-32-57-58(56)49-25-10-15-30-55(49)61(57)43-35-36-48-47-24-8-13-28-52(47)59(53(48)38-43)50-26-11-6-22-45(50)46-23-7-12-27-51(46)59/h1-38H. The molecule has 11 aromatic rings. The predicted octanol–water partition coefficient (Wildman–Crippen LogP) is 15.4. The molecule has 0 saturated heterocycles. The first-order valence-corrected chi connectivity index (χ1v) is 21.2. The van der Waals surface area contributed by atoms with Crippen LogP contribution in [0.1, 0.15) is 22.3 Å². The highest BCUT2D eigenvalue weighted by Gasteiger charge is 2.51. The Hall–Kier alpha value is -7.94. The fourth-order valence-corrected chi connectivity index (χ4v) is 10.9. The van der Waals surface area contributed by atoms with Crippen molar-refractivity contribution in [2.24, 2.45) is 0 Å². The van der Waals surface area contributed by atoms with Crippen molar-refractivity contribution >= 4 is 49.6 Å². The quantitative estimate of drug-likeness (QED) is 0.169. The Morgan fingerprint density at radius 1 is 0.344 bits per heavy atom. The summed E-state index contributed by atoms with van der Waals surface area (Å²) in [7, 11) is 0. The maximum atomic E-state index is 2.50. The molecule has 0 N–H and O–H groups in total. The molecule has 2 nitrogen and oxygen atoms in total. The zero-order valence-corrected chi connectivity index (χ0v) is 33.3. The molecule has 0 fully saturated rings. The van der Waals surface area contributed by atoms with E-state index in [1.807, 2.05) is 0 Å². The molecule has 0 bridgehead atoms. The number of hydrogen-bond donors (Lipinski definition) is 0. The molecular formula is C59H38N2. The van der Waals surface area contributed by atoms with Gasteiger partial charge in [0.2, 0.25) is 0 Å². The SMILES string of the molecule is c1ccc(-c2ccccc2N(c2ccc3ccccc3c2)c2cccc3c2c2ccccc2n3-c2ccc3c(c2)C2(c4ccccc4-c4ccccc42)c2ccccc2-3)cc1. The zero-order valence-electron chi connectivity index (χ0n) is 33.3. The minimum Gasteiger partial charge on any atom is -0.309 e. The highest BCUT2D eigenvalue weighted by molar-refractivity contribution is 6.17. The Bertz CT molecular complexity index is 3490. The summed E-state index contributed by atoms with van der Waals surface area (Å²) in [4.78, 5) is 2.48. The lowest BCUT2D eigenvalue weighted by Crippen LogP contribution is -2.26. The van der Waals surface area contributed by atoms with E-state index >= 15 is 0 Å². The van der Waals surface area contributed by atoms with Crippen LogP contribution in [0.2, 0.25) is 0 Å². The normalized spacial score (nSPS) is 13.0. The molecule has 2 aliphatic rings. The van der Waals surface area contributed by atoms with Crippen LogP contribution in [0, 0.1) is 0 Å². The number of aromatic nitrogens is 1. The summed E-state index contributed by atoms with van der Waals surface area (Å²) in [6.45, 7) is 0. The smallest absolute Gasteiger partial charge is 0.0726 e. The van der Waals surface area contributed by atoms with Crippen LogP contribution in [-0.2, 0) is 5.41 Å². The summed E-state index contributed by atoms with van der Waals surface area (Å²) in [5.74, 6) is 0. The van der Waals surface area contributed by atoms with Crippen LogP contribution in [0.25, 0.3) is 71.6 Å². The first kappa shape index (κ1) is 34.0. The molecule has 0 aliphatic heterocycles. The summed E-state index contributed by atoms with van der Waals surface area (Å²) >= 11 is 0. The van der Waals surface area contributed by atoms with Crippen LogP contribution in [0.3, 0.4) is 0 Å². The first-order chi connectivity index (χ1) is 30.3. The first-order valence-electron chi connectivity index (χ1n) is 21.2. The van der Waals surface area contributed by atoms with Crippen molar-refractivity contribution in [2.75, 3.05) is 4.90 Å². The van der Waals surface area contributed by atoms with Crippen molar-refractivity contribution < 1.29 is 0 Å². The molecule has 2 aliphatic carbocycles. The van der Waals surface area contributed by atoms with Crippen LogP contribution in [0.4, 0.5) is 17.1 Å². The van der Waals surface area contributed by atoms with E-state index in [0.717, 1.165) is 22.7 Å². The van der Waals surface area contributed by atoms with E-state index in [9.17, 15) is 0 Å². The van der Waals surface area contributed by atoms with E-state index in [1.165, 1.54) is 88.2 Å². The second kappa shape index (κ2) is 13.0. The Balaban J connectivity index is 1.09. The lowest BCUT2D eigenvalue weighted by atomic mass is 9.70. The maximum Gasteiger partial charge on any atom is 0.0726 e. The average molecular weight is 775 g/mol. The van der Waals surface area contributed by atoms with Crippen molar-refractivity contribution in [3.8, 4) is 39.1 Å². The summed E-state index contributed by atoms with van der Waals surface area (Å²) in [5.41, 5.74) is 19.4. The minimum absolute atomic E-state index is 0.424. The number of rotatable bonds is 5. The van der Waals surface area contributed by atoms with Crippen molar-refractivity contribution in [3.63, 3.8) is 0 Å². The van der Waals surface area contributed by atoms with Gasteiger partial charge in [-0.2, -0.15) is 0 Å². The van der Waals surface area contributed by atoms with Crippen LogP contribution in [0.5, 0.6) is 0 Å². The maximum absolute atomic E-state index is 2.50. The summed E-state index contributed by atoms with van der Waals surface area (Å²) in [6.07, 6.45) is 0. The number of anilines is 3. The molecule has 1 aromatic heterocycles. The number of hydrogen-bond acceptors (Lipinski definition) is 1. The average Bonchev–Trinajstić information content (AvgIpc) is 3.94. The van der Waals surface area contributed by atoms with Gasteiger partial charge >= 0.3 is 0 Å². The second-order valence-corrected chi connectivity index (χ2v) is 16.4. The molecule has 1 spiro atoms. The highest BCUT2D eigenvalue weighted by Crippen LogP contribution is 2.63. The van der Waals surface area contributed by atoms with Gasteiger partial charge in [0.05, 0.1) is 27.8 Å². The monoisotopic (exact) mass is 774 g/mol. The Morgan fingerprint density at radius 2 is 0.902 bits per heavy atom. The van der Waals surface area contributed by atoms with E-state index in [4.69, 9.17) is 0 Å². The number of fused-ring (bicyclic) bond motifs is 14. The third kappa shape index (κ3) is 4.73. The number of nitrogens with zero attached hydrogens (tertiary/aromatic N) is 2. The molecule has 0 radical (unpaired) electrons. The van der Waals surface area contributed by atoms with Gasteiger partial charge in [-0.15, -0.1) is 0 Å². The minimum atomic E-state index is -0.424. The molecule has 0 amide bonds. The Labute approximate surface area is 354 Å². The summed E-state index contributed by atoms with van der Waals surface area (Å²) in [5, 5.41) is 4.86. The van der Waals surface area contributed by atoms with E-state index in [-0.39, 0.29) is 0 Å². The van der Waals surface area contributed by atoms with Crippen molar-refractivity contribution in [3.05, 3.63) is 253 Å². The molecule has 0 unspecified atom stereocenters. The van der Waals surface area contributed by atoms with Gasteiger partial charge in [-0.05, 0) is 109 Å². The largest absolute Gasteiger partial charge is 0.309 e. The second-order valence-electron chi connectivity index (χ2n) is 16.4. The fourth-order valence-electron chi connectivity index (χ4n) is 10.9. The third-order valence-corrected chi connectivity index (χ3v) is 13.4. The van der Waals surface area contributed by atoms with Crippen LogP contribution in [-0.4, -0.2) is 4.57 Å². The molecule has 13 rings (SSSR count). The van der Waals surface area contributed by atoms with Crippen LogP contribution < -0.4 is 4.90 Å². The van der Waals surface area contributed by atoms with Gasteiger partial charge in [0, 0.05) is 27.7 Å². The summed E-state index contributed by atoms with van der Waals surface area (Å²) in [6, 6.07) is 85.3. The molecule has 0 saturated carbocycles. The molecule has 10 aromatic carbocycles. The lowest BCUT2D eigenvalue weighted by molar-refractivity contribution is 0.792. The van der Waals surface area contributed by atoms with E-state index < -0.39 is 5.41 Å². The fraction of sp³-hybridized carbons (Fsp3) is 0.0169. The van der Waals surface area contributed by atoms with Crippen molar-refractivity contribution in [1.29, 1.82) is 0 Å². The predicted molar refractivity (Wildman–Crippen MR) is 255 cm³/mol. The van der Waals surface area contributed by atoms with Crippen LogP contribution in [0.15, 0.2) is 231 Å². The molecule has 0 atom stereocenters. The Kier molecular flexibility index (Phi) is 7.26. The molecule has 2 heteroatoms. The van der Waals surface area contributed by atoms with Gasteiger partial charge in [0.25, 0.3) is 0 Å². The van der Waals surface area contributed by atoms with Gasteiger partial charge in [0.15, 0.2) is 0 Å². The zero-order chi connectivity index (χ0) is 40.1. The lowest BCUT2D eigenvalue weighted by Gasteiger charge is -2.30. The number of benzene rings is 10. The highest BCUT2D eigenvalue weighted by atomic mass is 15.2. The van der Waals surface area contributed by atoms with Gasteiger partial charge in [-0.25, -0.2) is 0 Å². The molecular weight excluding hydrogens is 737 g/mol. The van der Waals surface area contributed by atoms with Gasteiger partial charge in [-0.1, -0.05) is 182 Å². The van der Waals surface area contributed by atoms with E-state index in [0.29, 0.717) is 0 Å². The van der Waals surface area contributed by atoms with E-state index in [1.54, 1.807) is 0 Å². The topological polar surface area (TPSA) is 8.17 Å². The van der Waals surface area contributed by atoms with Crippen LogP contribution >= 0.6 is 0 Å². The van der Waals surface area contributed by atoms with Crippen molar-refractivity contribution in [1.82, 2.24) is 4.57 Å². The number of para-hydroxylation sites is 2. The van der Waals surface area contributed by atoms with E-state index in [2.05, 4.69) is 240 Å². The molecule has 1 heterocycles. The molecule has 284 valence electrons. The summed E-state index contributed by atoms with van der Waals surface area (Å²) < 4.78 is 2.50.